The predicted molar refractivity (Wildman–Crippen MR) is 79.0 cm³/mol. The third-order valence-electron chi connectivity index (χ3n) is 4.47. The summed E-state index contributed by atoms with van der Waals surface area (Å²) in [6.45, 7) is 3.34. The summed E-state index contributed by atoms with van der Waals surface area (Å²) >= 11 is 0. The number of nitrogens with zero attached hydrogens (tertiary/aromatic N) is 3. The van der Waals surface area contributed by atoms with E-state index in [-0.39, 0.29) is 6.10 Å². The first-order valence-electron chi connectivity index (χ1n) is 7.95. The van der Waals surface area contributed by atoms with Crippen molar-refractivity contribution in [3.05, 3.63) is 18.1 Å². The van der Waals surface area contributed by atoms with Gasteiger partial charge in [-0.05, 0) is 25.7 Å². The number of hydrogen-bond donors (Lipinski definition) is 0. The number of likely N-dealkylation sites (tertiary alicyclic amines) is 1. The second-order valence-electron chi connectivity index (χ2n) is 6.16. The molecule has 114 valence electrons. The highest BCUT2D eigenvalue weighted by molar-refractivity contribution is 5.76. The monoisotopic (exact) mass is 289 g/mol. The van der Waals surface area contributed by atoms with Crippen LogP contribution in [0.4, 0.5) is 0 Å². The Bertz CT molecular complexity index is 500. The van der Waals surface area contributed by atoms with Crippen LogP contribution in [0.15, 0.2) is 12.3 Å². The average Bonchev–Trinajstić information content (AvgIpc) is 3.10. The van der Waals surface area contributed by atoms with E-state index in [0.29, 0.717) is 30.1 Å². The first-order chi connectivity index (χ1) is 10.2. The fourth-order valence-corrected chi connectivity index (χ4v) is 3.31. The number of carbonyl (C=O) groups excluding carboxylic acids is 1. The molecular weight excluding hydrogens is 266 g/mol. The zero-order valence-corrected chi connectivity index (χ0v) is 12.6. The summed E-state index contributed by atoms with van der Waals surface area (Å²) in [6, 6.07) is 1.77. The minimum Gasteiger partial charge on any atom is -0.472 e. The second-order valence-corrected chi connectivity index (χ2v) is 6.16. The van der Waals surface area contributed by atoms with Crippen molar-refractivity contribution in [1.29, 1.82) is 0 Å². The molecule has 0 N–H and O–H groups in total. The second kappa shape index (κ2) is 6.41. The lowest BCUT2D eigenvalue weighted by Crippen LogP contribution is -2.32. The van der Waals surface area contributed by atoms with Gasteiger partial charge < -0.3 is 9.64 Å². The van der Waals surface area contributed by atoms with Crippen LogP contribution in [0.3, 0.4) is 0 Å². The van der Waals surface area contributed by atoms with Crippen LogP contribution in [-0.2, 0) is 4.79 Å². The van der Waals surface area contributed by atoms with Crippen molar-refractivity contribution >= 4 is 5.91 Å². The maximum Gasteiger partial charge on any atom is 0.222 e. The maximum atomic E-state index is 12.3. The van der Waals surface area contributed by atoms with Crippen molar-refractivity contribution in [2.45, 2.75) is 51.6 Å². The van der Waals surface area contributed by atoms with E-state index in [9.17, 15) is 4.79 Å². The highest BCUT2D eigenvalue weighted by Gasteiger charge is 2.29. The van der Waals surface area contributed by atoms with Gasteiger partial charge in [-0.3, -0.25) is 4.79 Å². The molecule has 2 fully saturated rings. The fraction of sp³-hybridized carbons (Fsp3) is 0.688. The molecule has 2 heterocycles. The summed E-state index contributed by atoms with van der Waals surface area (Å²) in [5.41, 5.74) is 0. The van der Waals surface area contributed by atoms with Crippen LogP contribution in [0.1, 0.15) is 44.3 Å². The third-order valence-corrected chi connectivity index (χ3v) is 4.47. The normalized spacial score (nSPS) is 22.7. The molecule has 3 rings (SSSR count). The number of ether oxygens (including phenoxy) is 1. The molecule has 1 aliphatic carbocycles. The van der Waals surface area contributed by atoms with E-state index in [1.54, 1.807) is 12.3 Å². The summed E-state index contributed by atoms with van der Waals surface area (Å²) < 4.78 is 5.86. The molecule has 0 bridgehead atoms. The maximum absolute atomic E-state index is 12.3. The Kier molecular flexibility index (Phi) is 4.36. The average molecular weight is 289 g/mol. The Morgan fingerprint density at radius 1 is 1.38 bits per heavy atom. The summed E-state index contributed by atoms with van der Waals surface area (Å²) in [6.07, 6.45) is 8.40. The van der Waals surface area contributed by atoms with Gasteiger partial charge in [0.1, 0.15) is 11.9 Å². The fourth-order valence-electron chi connectivity index (χ4n) is 3.31. The zero-order valence-electron chi connectivity index (χ0n) is 12.6. The van der Waals surface area contributed by atoms with Crippen LogP contribution >= 0.6 is 0 Å². The number of amides is 1. The third kappa shape index (κ3) is 3.71. The summed E-state index contributed by atoms with van der Waals surface area (Å²) in [4.78, 5) is 22.6. The van der Waals surface area contributed by atoms with Gasteiger partial charge in [-0.1, -0.05) is 12.8 Å². The van der Waals surface area contributed by atoms with E-state index in [1.165, 1.54) is 25.7 Å². The molecule has 1 unspecified atom stereocenters. The van der Waals surface area contributed by atoms with Crippen molar-refractivity contribution in [1.82, 2.24) is 14.9 Å². The molecule has 5 nitrogen and oxygen atoms in total. The summed E-state index contributed by atoms with van der Waals surface area (Å²) in [7, 11) is 0. The molecule has 0 spiro atoms. The van der Waals surface area contributed by atoms with Crippen molar-refractivity contribution < 1.29 is 9.53 Å². The highest BCUT2D eigenvalue weighted by atomic mass is 16.5. The van der Waals surface area contributed by atoms with E-state index < -0.39 is 0 Å². The van der Waals surface area contributed by atoms with Crippen LogP contribution in [-0.4, -0.2) is 40.0 Å². The minimum absolute atomic E-state index is 0.0619. The lowest BCUT2D eigenvalue weighted by molar-refractivity contribution is -0.131. The molecule has 1 saturated carbocycles. The topological polar surface area (TPSA) is 55.3 Å². The lowest BCUT2D eigenvalue weighted by atomic mass is 10.0. The Balaban J connectivity index is 1.49. The van der Waals surface area contributed by atoms with Gasteiger partial charge in [-0.15, -0.1) is 0 Å². The Hall–Kier alpha value is -1.65. The quantitative estimate of drug-likeness (QED) is 0.853. The van der Waals surface area contributed by atoms with E-state index in [1.807, 2.05) is 11.8 Å². The number of rotatable bonds is 4. The van der Waals surface area contributed by atoms with E-state index in [2.05, 4.69) is 9.97 Å². The number of hydrogen-bond acceptors (Lipinski definition) is 4. The number of carbonyl (C=O) groups is 1. The molecule has 1 aromatic rings. The predicted octanol–water partition coefficient (Wildman–Crippen LogP) is 2.35. The zero-order chi connectivity index (χ0) is 14.7. The molecule has 0 radical (unpaired) electrons. The van der Waals surface area contributed by atoms with Crippen LogP contribution in [0.25, 0.3) is 0 Å². The molecular formula is C16H23N3O2. The molecule has 1 saturated heterocycles. The summed E-state index contributed by atoms with van der Waals surface area (Å²) in [5.74, 6) is 2.23. The lowest BCUT2D eigenvalue weighted by Gasteiger charge is -2.19. The first kappa shape index (κ1) is 14.3. The van der Waals surface area contributed by atoms with Gasteiger partial charge in [0.05, 0.1) is 6.54 Å². The molecule has 5 heteroatoms. The molecule has 2 aliphatic rings. The van der Waals surface area contributed by atoms with E-state index in [0.717, 1.165) is 19.4 Å². The van der Waals surface area contributed by atoms with Crippen molar-refractivity contribution in [2.24, 2.45) is 5.92 Å². The first-order valence-corrected chi connectivity index (χ1v) is 7.95. The largest absolute Gasteiger partial charge is 0.472 e. The number of aromatic nitrogens is 2. The highest BCUT2D eigenvalue weighted by Crippen LogP contribution is 2.28. The smallest absolute Gasteiger partial charge is 0.222 e. The van der Waals surface area contributed by atoms with E-state index >= 15 is 0 Å². The SMILES string of the molecule is Cc1nccc(OC2CCN(C(=O)CC3CCCC3)C2)n1. The van der Waals surface area contributed by atoms with Crippen LogP contribution < -0.4 is 4.74 Å². The van der Waals surface area contributed by atoms with Gasteiger partial charge in [-0.2, -0.15) is 4.98 Å². The Morgan fingerprint density at radius 2 is 2.19 bits per heavy atom. The van der Waals surface area contributed by atoms with E-state index in [4.69, 9.17) is 4.74 Å². The van der Waals surface area contributed by atoms with Crippen molar-refractivity contribution in [3.8, 4) is 5.88 Å². The minimum atomic E-state index is 0.0619. The van der Waals surface area contributed by atoms with Crippen molar-refractivity contribution in [3.63, 3.8) is 0 Å². The van der Waals surface area contributed by atoms with Crippen molar-refractivity contribution in [2.75, 3.05) is 13.1 Å². The van der Waals surface area contributed by atoms with Gasteiger partial charge in [0.25, 0.3) is 0 Å². The molecule has 1 amide bonds. The Labute approximate surface area is 125 Å². The molecule has 1 aromatic heterocycles. The van der Waals surface area contributed by atoms with Gasteiger partial charge >= 0.3 is 0 Å². The van der Waals surface area contributed by atoms with Gasteiger partial charge in [0.15, 0.2) is 0 Å². The van der Waals surface area contributed by atoms with Gasteiger partial charge in [0, 0.05) is 31.6 Å². The van der Waals surface area contributed by atoms with Gasteiger partial charge in [0.2, 0.25) is 11.8 Å². The van der Waals surface area contributed by atoms with Crippen LogP contribution in [0.2, 0.25) is 0 Å². The molecule has 1 atom stereocenters. The molecule has 0 aromatic carbocycles. The number of aryl methyl sites for hydroxylation is 1. The standard InChI is InChI=1S/C16H23N3O2/c1-12-17-8-6-15(18-12)21-14-7-9-19(11-14)16(20)10-13-4-2-3-5-13/h6,8,13-14H,2-5,7,9-11H2,1H3. The van der Waals surface area contributed by atoms with Crippen LogP contribution in [0.5, 0.6) is 5.88 Å². The Morgan fingerprint density at radius 3 is 2.95 bits per heavy atom. The summed E-state index contributed by atoms with van der Waals surface area (Å²) in [5, 5.41) is 0. The molecule has 21 heavy (non-hydrogen) atoms. The van der Waals surface area contributed by atoms with Crippen LogP contribution in [0, 0.1) is 12.8 Å². The molecule has 1 aliphatic heterocycles. The van der Waals surface area contributed by atoms with Gasteiger partial charge in [-0.25, -0.2) is 4.98 Å².